The van der Waals surface area contributed by atoms with Gasteiger partial charge in [-0.05, 0) is 30.2 Å². The van der Waals surface area contributed by atoms with Gasteiger partial charge in [-0.15, -0.1) is 0 Å². The molecule has 4 rings (SSSR count). The molecule has 2 atom stereocenters. The molecule has 1 N–H and O–H groups in total. The van der Waals surface area contributed by atoms with E-state index >= 15 is 0 Å². The van der Waals surface area contributed by atoms with Crippen LogP contribution in [0.4, 0.5) is 16.2 Å². The van der Waals surface area contributed by atoms with Crippen molar-refractivity contribution >= 4 is 11.8 Å². The van der Waals surface area contributed by atoms with Crippen LogP contribution in [-0.2, 0) is 4.74 Å². The third-order valence-corrected chi connectivity index (χ3v) is 4.73. The van der Waals surface area contributed by atoms with E-state index < -0.39 is 6.10 Å². The van der Waals surface area contributed by atoms with Gasteiger partial charge in [0.1, 0.15) is 11.6 Å². The highest BCUT2D eigenvalue weighted by molar-refractivity contribution is 5.48. The Morgan fingerprint density at radius 3 is 2.84 bits per heavy atom. The molecule has 2 aliphatic rings. The maximum absolute atomic E-state index is 13.6. The molecule has 3 heterocycles. The Kier molecular flexibility index (Phi) is 4.50. The van der Waals surface area contributed by atoms with Gasteiger partial charge in [0.15, 0.2) is 0 Å². The highest BCUT2D eigenvalue weighted by Gasteiger charge is 2.33. The Balaban J connectivity index is 1.63. The van der Waals surface area contributed by atoms with Gasteiger partial charge in [0.2, 0.25) is 5.95 Å². The largest absolute Gasteiger partial charge is 0.391 e. The van der Waals surface area contributed by atoms with Crippen molar-refractivity contribution in [2.45, 2.75) is 18.6 Å². The van der Waals surface area contributed by atoms with Gasteiger partial charge in [-0.1, -0.05) is 12.1 Å². The van der Waals surface area contributed by atoms with Crippen molar-refractivity contribution in [2.75, 3.05) is 42.6 Å². The molecule has 2 aliphatic heterocycles. The number of hydrogen-bond donors (Lipinski definition) is 1. The first-order valence-electron chi connectivity index (χ1n) is 8.56. The second kappa shape index (κ2) is 6.93. The minimum Gasteiger partial charge on any atom is -0.391 e. The van der Waals surface area contributed by atoms with Gasteiger partial charge in [0, 0.05) is 25.8 Å². The summed E-state index contributed by atoms with van der Waals surface area (Å²) >= 11 is 0. The summed E-state index contributed by atoms with van der Waals surface area (Å²) in [6, 6.07) is 8.29. The van der Waals surface area contributed by atoms with Crippen molar-refractivity contribution in [1.29, 1.82) is 0 Å². The number of nitrogens with zero attached hydrogens (tertiary/aromatic N) is 4. The zero-order valence-corrected chi connectivity index (χ0v) is 13.9. The van der Waals surface area contributed by atoms with Crippen LogP contribution in [0.15, 0.2) is 36.5 Å². The van der Waals surface area contributed by atoms with Gasteiger partial charge < -0.3 is 19.6 Å². The molecule has 2 fully saturated rings. The van der Waals surface area contributed by atoms with Crippen molar-refractivity contribution in [3.05, 3.63) is 47.9 Å². The number of morpholine rings is 1. The van der Waals surface area contributed by atoms with Crippen molar-refractivity contribution in [3.8, 4) is 0 Å². The van der Waals surface area contributed by atoms with Crippen LogP contribution in [0.2, 0.25) is 0 Å². The number of β-amino-alcohol motifs (C(OH)–C–C–N with tert-alkyl or cyclic N) is 1. The maximum Gasteiger partial charge on any atom is 0.227 e. The second-order valence-electron chi connectivity index (χ2n) is 6.43. The number of aromatic nitrogens is 2. The molecule has 0 saturated carbocycles. The minimum absolute atomic E-state index is 0.0989. The first kappa shape index (κ1) is 16.2. The Morgan fingerprint density at radius 1 is 1.20 bits per heavy atom. The summed E-state index contributed by atoms with van der Waals surface area (Å²) in [6.45, 7) is 3.34. The summed E-state index contributed by atoms with van der Waals surface area (Å²) in [5.74, 6) is 1.15. The highest BCUT2D eigenvalue weighted by atomic mass is 19.1. The van der Waals surface area contributed by atoms with Crippen LogP contribution < -0.4 is 9.80 Å². The lowest BCUT2D eigenvalue weighted by molar-refractivity contribution is 0.122. The van der Waals surface area contributed by atoms with E-state index in [0.717, 1.165) is 24.5 Å². The molecule has 2 unspecified atom stereocenters. The summed E-state index contributed by atoms with van der Waals surface area (Å²) in [5, 5.41) is 10.2. The quantitative estimate of drug-likeness (QED) is 0.916. The number of benzene rings is 1. The average molecular weight is 344 g/mol. The predicted molar refractivity (Wildman–Crippen MR) is 92.2 cm³/mol. The van der Waals surface area contributed by atoms with E-state index in [2.05, 4.69) is 9.88 Å². The lowest BCUT2D eigenvalue weighted by atomic mass is 10.0. The molecule has 7 heteroatoms. The molecule has 132 valence electrons. The molecule has 2 saturated heterocycles. The van der Waals surface area contributed by atoms with E-state index in [9.17, 15) is 9.50 Å². The number of aliphatic hydroxyl groups is 1. The van der Waals surface area contributed by atoms with Crippen molar-refractivity contribution in [3.63, 3.8) is 0 Å². The van der Waals surface area contributed by atoms with E-state index in [-0.39, 0.29) is 11.9 Å². The topological polar surface area (TPSA) is 61.7 Å². The molecule has 0 spiro atoms. The molecule has 0 aliphatic carbocycles. The number of ether oxygens (including phenoxy) is 1. The Morgan fingerprint density at radius 2 is 2.04 bits per heavy atom. The molecular weight excluding hydrogens is 323 g/mol. The predicted octanol–water partition coefficient (Wildman–Crippen LogP) is 1.76. The van der Waals surface area contributed by atoms with Crippen LogP contribution in [0.5, 0.6) is 0 Å². The second-order valence-corrected chi connectivity index (χ2v) is 6.43. The third-order valence-electron chi connectivity index (χ3n) is 4.73. The Bertz CT molecular complexity index is 739. The average Bonchev–Trinajstić information content (AvgIpc) is 3.04. The Labute approximate surface area is 145 Å². The maximum atomic E-state index is 13.6. The van der Waals surface area contributed by atoms with Crippen molar-refractivity contribution in [1.82, 2.24) is 9.97 Å². The van der Waals surface area contributed by atoms with Gasteiger partial charge in [-0.25, -0.2) is 9.37 Å². The summed E-state index contributed by atoms with van der Waals surface area (Å²) in [4.78, 5) is 13.2. The number of hydrogen-bond acceptors (Lipinski definition) is 6. The van der Waals surface area contributed by atoms with E-state index in [0.29, 0.717) is 32.1 Å². The normalized spacial score (nSPS) is 23.9. The smallest absolute Gasteiger partial charge is 0.227 e. The Hall–Kier alpha value is -2.25. The van der Waals surface area contributed by atoms with E-state index in [1.807, 2.05) is 17.0 Å². The fourth-order valence-corrected chi connectivity index (χ4v) is 3.51. The number of halogens is 1. The van der Waals surface area contributed by atoms with Gasteiger partial charge in [0.25, 0.3) is 0 Å². The van der Waals surface area contributed by atoms with Gasteiger partial charge in [0.05, 0.1) is 25.4 Å². The molecule has 1 aromatic carbocycles. The third kappa shape index (κ3) is 3.43. The molecule has 2 aromatic rings. The zero-order chi connectivity index (χ0) is 17.2. The number of aliphatic hydroxyl groups excluding tert-OH is 1. The molecule has 6 nitrogen and oxygen atoms in total. The lowest BCUT2D eigenvalue weighted by Gasteiger charge is -2.29. The highest BCUT2D eigenvalue weighted by Crippen LogP contribution is 2.36. The van der Waals surface area contributed by atoms with Crippen LogP contribution in [0.3, 0.4) is 0 Å². The van der Waals surface area contributed by atoms with Crippen LogP contribution >= 0.6 is 0 Å². The molecule has 0 amide bonds. The SMILES string of the molecule is OC1CC(c2cccc(F)c2)N(c2ccnc(N3CCOCC3)n2)C1. The van der Waals surface area contributed by atoms with Gasteiger partial charge in [-0.3, -0.25) is 0 Å². The van der Waals surface area contributed by atoms with Gasteiger partial charge in [-0.2, -0.15) is 4.98 Å². The van der Waals surface area contributed by atoms with Gasteiger partial charge >= 0.3 is 0 Å². The summed E-state index contributed by atoms with van der Waals surface area (Å²) in [6.07, 6.45) is 1.83. The molecule has 0 radical (unpaired) electrons. The minimum atomic E-state index is -0.463. The summed E-state index contributed by atoms with van der Waals surface area (Å²) < 4.78 is 19.0. The number of anilines is 2. The fourth-order valence-electron chi connectivity index (χ4n) is 3.51. The first-order chi connectivity index (χ1) is 12.2. The van der Waals surface area contributed by atoms with Crippen molar-refractivity contribution < 1.29 is 14.2 Å². The monoisotopic (exact) mass is 344 g/mol. The summed E-state index contributed by atoms with van der Waals surface area (Å²) in [5.41, 5.74) is 0.850. The van der Waals surface area contributed by atoms with E-state index in [1.54, 1.807) is 12.3 Å². The lowest BCUT2D eigenvalue weighted by Crippen LogP contribution is -2.37. The van der Waals surface area contributed by atoms with Crippen molar-refractivity contribution in [2.24, 2.45) is 0 Å². The standard InChI is InChI=1S/C18H21FN4O2/c19-14-3-1-2-13(10-14)16-11-15(24)12-23(16)17-4-5-20-18(21-17)22-6-8-25-9-7-22/h1-5,10,15-16,24H,6-9,11-12H2. The first-order valence-corrected chi connectivity index (χ1v) is 8.56. The van der Waals surface area contributed by atoms with Crippen LogP contribution in [0.25, 0.3) is 0 Å². The molecule has 25 heavy (non-hydrogen) atoms. The zero-order valence-electron chi connectivity index (χ0n) is 13.9. The van der Waals surface area contributed by atoms with Crippen LogP contribution in [0.1, 0.15) is 18.0 Å². The molecular formula is C18H21FN4O2. The molecule has 0 bridgehead atoms. The fraction of sp³-hybridized carbons (Fsp3) is 0.444. The molecule has 1 aromatic heterocycles. The summed E-state index contributed by atoms with van der Waals surface area (Å²) in [7, 11) is 0. The van der Waals surface area contributed by atoms with Crippen LogP contribution in [-0.4, -0.2) is 54.0 Å². The van der Waals surface area contributed by atoms with E-state index in [4.69, 9.17) is 9.72 Å². The number of rotatable bonds is 3. The van der Waals surface area contributed by atoms with E-state index in [1.165, 1.54) is 12.1 Å². The van der Waals surface area contributed by atoms with Crippen LogP contribution in [0, 0.1) is 5.82 Å².